The van der Waals surface area contributed by atoms with Crippen LogP contribution in [0.2, 0.25) is 0 Å². The third-order valence-corrected chi connectivity index (χ3v) is 4.42. The van der Waals surface area contributed by atoms with Crippen molar-refractivity contribution in [2.24, 2.45) is 0 Å². The molecule has 0 spiro atoms. The molecule has 1 N–H and O–H groups in total. The topological polar surface area (TPSA) is 112 Å². The van der Waals surface area contributed by atoms with E-state index in [2.05, 4.69) is 20.6 Å². The Morgan fingerprint density at radius 3 is 2.70 bits per heavy atom. The van der Waals surface area contributed by atoms with E-state index in [0.29, 0.717) is 34.5 Å². The Kier molecular flexibility index (Phi) is 5.25. The van der Waals surface area contributed by atoms with Crippen molar-refractivity contribution in [3.8, 4) is 11.3 Å². The molecule has 0 saturated heterocycles. The lowest BCUT2D eigenvalue weighted by molar-refractivity contribution is -0.119. The van der Waals surface area contributed by atoms with E-state index >= 15 is 0 Å². The molecular formula is C21H19N5O4. The Bertz CT molecular complexity index is 1210. The zero-order valence-corrected chi connectivity index (χ0v) is 16.5. The lowest BCUT2D eigenvalue weighted by atomic mass is 10.1. The Morgan fingerprint density at radius 2 is 2.00 bits per heavy atom. The molecule has 9 heteroatoms. The van der Waals surface area contributed by atoms with Crippen molar-refractivity contribution in [1.29, 1.82) is 0 Å². The SMILES string of the molecule is CCn1ncc2c(C(=O)OCC(=O)Nc3cc(C)no3)cc(-c3ccccc3)nc21. The molecule has 0 aliphatic heterocycles. The van der Waals surface area contributed by atoms with E-state index in [9.17, 15) is 9.59 Å². The summed E-state index contributed by atoms with van der Waals surface area (Å²) in [6.07, 6.45) is 1.58. The van der Waals surface area contributed by atoms with Gasteiger partial charge in [0, 0.05) is 18.2 Å². The van der Waals surface area contributed by atoms with Gasteiger partial charge in [0.2, 0.25) is 5.88 Å². The van der Waals surface area contributed by atoms with Gasteiger partial charge in [-0.25, -0.2) is 14.5 Å². The van der Waals surface area contributed by atoms with Crippen LogP contribution in [0.1, 0.15) is 23.0 Å². The van der Waals surface area contributed by atoms with Gasteiger partial charge in [-0.1, -0.05) is 35.5 Å². The summed E-state index contributed by atoms with van der Waals surface area (Å²) < 4.78 is 11.9. The first kappa shape index (κ1) is 19.3. The highest BCUT2D eigenvalue weighted by Gasteiger charge is 2.19. The van der Waals surface area contributed by atoms with Crippen molar-refractivity contribution in [3.63, 3.8) is 0 Å². The number of esters is 1. The molecule has 0 atom stereocenters. The molecule has 30 heavy (non-hydrogen) atoms. The molecule has 3 heterocycles. The van der Waals surface area contributed by atoms with Crippen LogP contribution in [-0.4, -0.2) is 38.4 Å². The normalized spacial score (nSPS) is 10.9. The maximum Gasteiger partial charge on any atom is 0.339 e. The minimum Gasteiger partial charge on any atom is -0.452 e. The van der Waals surface area contributed by atoms with Crippen LogP contribution in [0.3, 0.4) is 0 Å². The van der Waals surface area contributed by atoms with Crippen molar-refractivity contribution in [2.45, 2.75) is 20.4 Å². The predicted molar refractivity (Wildman–Crippen MR) is 109 cm³/mol. The summed E-state index contributed by atoms with van der Waals surface area (Å²) in [5.74, 6) is -0.980. The molecule has 4 rings (SSSR count). The molecule has 152 valence electrons. The third-order valence-electron chi connectivity index (χ3n) is 4.42. The maximum atomic E-state index is 12.8. The van der Waals surface area contributed by atoms with Crippen molar-refractivity contribution in [1.82, 2.24) is 19.9 Å². The van der Waals surface area contributed by atoms with Crippen LogP contribution < -0.4 is 5.32 Å². The summed E-state index contributed by atoms with van der Waals surface area (Å²) in [4.78, 5) is 29.5. The maximum absolute atomic E-state index is 12.8. The van der Waals surface area contributed by atoms with E-state index in [4.69, 9.17) is 9.26 Å². The molecule has 0 aliphatic rings. The van der Waals surface area contributed by atoms with Crippen LogP contribution in [-0.2, 0) is 16.1 Å². The van der Waals surface area contributed by atoms with Gasteiger partial charge >= 0.3 is 5.97 Å². The first-order valence-corrected chi connectivity index (χ1v) is 9.37. The second kappa shape index (κ2) is 8.16. The number of nitrogens with one attached hydrogen (secondary N) is 1. The zero-order valence-electron chi connectivity index (χ0n) is 16.5. The number of aromatic nitrogens is 4. The largest absolute Gasteiger partial charge is 0.452 e. The molecule has 0 bridgehead atoms. The van der Waals surface area contributed by atoms with E-state index in [0.717, 1.165) is 5.56 Å². The number of hydrogen-bond acceptors (Lipinski definition) is 7. The first-order chi connectivity index (χ1) is 14.5. The number of pyridine rings is 1. The Labute approximate surface area is 171 Å². The molecule has 0 unspecified atom stereocenters. The smallest absolute Gasteiger partial charge is 0.339 e. The van der Waals surface area contributed by atoms with Crippen LogP contribution in [0.25, 0.3) is 22.3 Å². The lowest BCUT2D eigenvalue weighted by Crippen LogP contribution is -2.21. The first-order valence-electron chi connectivity index (χ1n) is 9.37. The summed E-state index contributed by atoms with van der Waals surface area (Å²) in [7, 11) is 0. The van der Waals surface area contributed by atoms with Crippen LogP contribution in [0.15, 0.2) is 53.2 Å². The van der Waals surface area contributed by atoms with Crippen molar-refractivity contribution < 1.29 is 18.8 Å². The molecule has 0 aliphatic carbocycles. The molecule has 0 saturated carbocycles. The quantitative estimate of drug-likeness (QED) is 0.490. The molecule has 1 amide bonds. The lowest BCUT2D eigenvalue weighted by Gasteiger charge is -2.09. The van der Waals surface area contributed by atoms with Gasteiger partial charge < -0.3 is 9.26 Å². The van der Waals surface area contributed by atoms with Crippen molar-refractivity contribution >= 4 is 28.8 Å². The van der Waals surface area contributed by atoms with E-state index < -0.39 is 18.5 Å². The molecule has 9 nitrogen and oxygen atoms in total. The number of nitrogens with zero attached hydrogens (tertiary/aromatic N) is 4. The van der Waals surface area contributed by atoms with E-state index in [1.165, 1.54) is 0 Å². The van der Waals surface area contributed by atoms with Gasteiger partial charge in [-0.2, -0.15) is 5.10 Å². The van der Waals surface area contributed by atoms with Gasteiger partial charge in [0.05, 0.1) is 28.5 Å². The number of ether oxygens (including phenoxy) is 1. The van der Waals surface area contributed by atoms with Gasteiger partial charge in [0.1, 0.15) is 0 Å². The van der Waals surface area contributed by atoms with Gasteiger partial charge in [-0.15, -0.1) is 0 Å². The minimum absolute atomic E-state index is 0.190. The van der Waals surface area contributed by atoms with E-state index in [1.807, 2.05) is 37.3 Å². The van der Waals surface area contributed by atoms with Crippen LogP contribution in [0, 0.1) is 6.92 Å². The fourth-order valence-electron chi connectivity index (χ4n) is 3.01. The summed E-state index contributed by atoms with van der Waals surface area (Å²) in [5, 5.41) is 11.0. The number of fused-ring (bicyclic) bond motifs is 1. The molecule has 0 radical (unpaired) electrons. The van der Waals surface area contributed by atoms with Gasteiger partial charge in [-0.3, -0.25) is 10.1 Å². The standard InChI is InChI=1S/C21H19N5O4/c1-3-26-20-16(11-22-26)15(10-17(23-20)14-7-5-4-6-8-14)21(28)29-12-18(27)24-19-9-13(2)25-30-19/h4-11H,3,12H2,1-2H3,(H,24,27). The van der Waals surface area contributed by atoms with Gasteiger partial charge in [0.25, 0.3) is 5.91 Å². The molecule has 1 aromatic carbocycles. The van der Waals surface area contributed by atoms with E-state index in [-0.39, 0.29) is 5.88 Å². The number of amides is 1. The fraction of sp³-hybridized carbons (Fsp3) is 0.190. The Morgan fingerprint density at radius 1 is 1.20 bits per heavy atom. The molecule has 3 aromatic heterocycles. The third kappa shape index (κ3) is 3.90. The highest BCUT2D eigenvalue weighted by Crippen LogP contribution is 2.25. The summed E-state index contributed by atoms with van der Waals surface area (Å²) in [6.45, 7) is 3.80. The summed E-state index contributed by atoms with van der Waals surface area (Å²) >= 11 is 0. The summed E-state index contributed by atoms with van der Waals surface area (Å²) in [6, 6.07) is 12.7. The molecule has 0 fully saturated rings. The fourth-order valence-corrected chi connectivity index (χ4v) is 3.01. The van der Waals surface area contributed by atoms with E-state index in [1.54, 1.807) is 29.9 Å². The second-order valence-corrected chi connectivity index (χ2v) is 6.58. The Hall–Kier alpha value is -4.01. The number of benzene rings is 1. The summed E-state index contributed by atoms with van der Waals surface area (Å²) in [5.41, 5.74) is 2.97. The predicted octanol–water partition coefficient (Wildman–Crippen LogP) is 3.21. The average Bonchev–Trinajstić information content (AvgIpc) is 3.37. The average molecular weight is 405 g/mol. The number of carbonyl (C=O) groups is 2. The number of aryl methyl sites for hydroxylation is 2. The van der Waals surface area contributed by atoms with Crippen LogP contribution >= 0.6 is 0 Å². The van der Waals surface area contributed by atoms with Gasteiger partial charge in [-0.05, 0) is 19.9 Å². The van der Waals surface area contributed by atoms with Crippen molar-refractivity contribution in [2.75, 3.05) is 11.9 Å². The highest BCUT2D eigenvalue weighted by atomic mass is 16.5. The number of rotatable bonds is 6. The van der Waals surface area contributed by atoms with Crippen LogP contribution in [0.4, 0.5) is 5.88 Å². The van der Waals surface area contributed by atoms with Gasteiger partial charge in [0.15, 0.2) is 12.3 Å². The number of hydrogen-bond donors (Lipinski definition) is 1. The minimum atomic E-state index is -0.640. The second-order valence-electron chi connectivity index (χ2n) is 6.58. The number of anilines is 1. The van der Waals surface area contributed by atoms with Crippen LogP contribution in [0.5, 0.6) is 0 Å². The Balaban J connectivity index is 1.59. The van der Waals surface area contributed by atoms with Crippen molar-refractivity contribution in [3.05, 3.63) is 59.9 Å². The number of carbonyl (C=O) groups excluding carboxylic acids is 2. The monoisotopic (exact) mass is 405 g/mol. The zero-order chi connectivity index (χ0) is 21.1. The highest BCUT2D eigenvalue weighted by molar-refractivity contribution is 6.04. The molecular weight excluding hydrogens is 386 g/mol. The molecule has 4 aromatic rings.